The van der Waals surface area contributed by atoms with E-state index in [9.17, 15) is 5.11 Å². The number of hydrogen-bond acceptors (Lipinski definition) is 4. The van der Waals surface area contributed by atoms with Gasteiger partial charge in [0.05, 0.1) is 13.2 Å². The van der Waals surface area contributed by atoms with Crippen molar-refractivity contribution in [3.05, 3.63) is 23.3 Å². The van der Waals surface area contributed by atoms with E-state index >= 15 is 0 Å². The number of ether oxygens (including phenoxy) is 1. The third-order valence-corrected chi connectivity index (χ3v) is 3.99. The lowest BCUT2D eigenvalue weighted by atomic mass is 9.90. The lowest BCUT2D eigenvalue weighted by Crippen LogP contribution is -2.39. The zero-order valence-corrected chi connectivity index (χ0v) is 10.0. The Kier molecular flexibility index (Phi) is 2.49. The summed E-state index contributed by atoms with van der Waals surface area (Å²) in [5, 5.41) is 10.4. The van der Waals surface area contributed by atoms with Crippen molar-refractivity contribution in [2.45, 2.75) is 31.5 Å². The van der Waals surface area contributed by atoms with Gasteiger partial charge in [0, 0.05) is 24.3 Å². The van der Waals surface area contributed by atoms with Gasteiger partial charge in [-0.15, -0.1) is 0 Å². The molecule has 0 saturated carbocycles. The van der Waals surface area contributed by atoms with Crippen LogP contribution in [0.1, 0.15) is 30.1 Å². The molecule has 92 valence electrons. The molecule has 1 aromatic carbocycles. The highest BCUT2D eigenvalue weighted by molar-refractivity contribution is 5.57. The van der Waals surface area contributed by atoms with Gasteiger partial charge >= 0.3 is 0 Å². The molecule has 3 rings (SSSR count). The van der Waals surface area contributed by atoms with Crippen LogP contribution in [0.4, 0.5) is 5.69 Å². The largest absolute Gasteiger partial charge is 0.497 e. The molecule has 1 aromatic rings. The normalized spacial score (nSPS) is 27.6. The first kappa shape index (κ1) is 10.9. The Hall–Kier alpha value is -1.26. The standard InChI is InChI=1S/C13H18N2O2/c1-17-8-5-9-10(11(14)6-8)7-15-4-2-3-12(15)13(9)16/h5-6,12-13,16H,2-4,7,14H2,1H3/t12-,13?/m0/s1. The number of aliphatic hydroxyl groups excluding tert-OH is 1. The van der Waals surface area contributed by atoms with Crippen LogP contribution in [-0.2, 0) is 6.54 Å². The molecule has 0 aliphatic carbocycles. The van der Waals surface area contributed by atoms with Gasteiger partial charge in [-0.3, -0.25) is 4.90 Å². The molecular formula is C13H18N2O2. The van der Waals surface area contributed by atoms with Crippen LogP contribution < -0.4 is 10.5 Å². The van der Waals surface area contributed by atoms with Crippen molar-refractivity contribution >= 4 is 5.69 Å². The predicted octanol–water partition coefficient (Wildman–Crippen LogP) is 1.29. The summed E-state index contributed by atoms with van der Waals surface area (Å²) < 4.78 is 5.22. The summed E-state index contributed by atoms with van der Waals surface area (Å²) in [6, 6.07) is 4.02. The number of nitrogen functional groups attached to an aromatic ring is 1. The number of methoxy groups -OCH3 is 1. The smallest absolute Gasteiger partial charge is 0.121 e. The molecule has 1 unspecified atom stereocenters. The van der Waals surface area contributed by atoms with Gasteiger partial charge in [0.2, 0.25) is 0 Å². The Morgan fingerprint density at radius 3 is 3.06 bits per heavy atom. The number of aliphatic hydroxyl groups is 1. The average Bonchev–Trinajstić information content (AvgIpc) is 2.79. The minimum absolute atomic E-state index is 0.258. The van der Waals surface area contributed by atoms with E-state index in [2.05, 4.69) is 4.90 Å². The molecular weight excluding hydrogens is 216 g/mol. The van der Waals surface area contributed by atoms with E-state index in [1.807, 2.05) is 12.1 Å². The zero-order chi connectivity index (χ0) is 12.0. The number of nitrogens with two attached hydrogens (primary N) is 1. The molecule has 0 radical (unpaired) electrons. The van der Waals surface area contributed by atoms with Gasteiger partial charge < -0.3 is 15.6 Å². The first-order valence-corrected chi connectivity index (χ1v) is 6.09. The molecule has 2 atom stereocenters. The second-order valence-electron chi connectivity index (χ2n) is 4.91. The van der Waals surface area contributed by atoms with Crippen molar-refractivity contribution in [2.75, 3.05) is 19.4 Å². The van der Waals surface area contributed by atoms with Crippen molar-refractivity contribution in [3.63, 3.8) is 0 Å². The number of hydrogen-bond donors (Lipinski definition) is 2. The molecule has 3 N–H and O–H groups in total. The topological polar surface area (TPSA) is 58.7 Å². The first-order chi connectivity index (χ1) is 8.20. The molecule has 0 aromatic heterocycles. The summed E-state index contributed by atoms with van der Waals surface area (Å²) in [5.74, 6) is 0.728. The molecule has 1 saturated heterocycles. The molecule has 4 heteroatoms. The number of benzene rings is 1. The van der Waals surface area contributed by atoms with Crippen LogP contribution in [0.15, 0.2) is 12.1 Å². The highest BCUT2D eigenvalue weighted by Gasteiger charge is 2.37. The van der Waals surface area contributed by atoms with Gasteiger partial charge in [-0.2, -0.15) is 0 Å². The van der Waals surface area contributed by atoms with E-state index in [0.29, 0.717) is 0 Å². The summed E-state index contributed by atoms with van der Waals surface area (Å²) in [5.41, 5.74) is 8.79. The van der Waals surface area contributed by atoms with Gasteiger partial charge in [-0.05, 0) is 36.6 Å². The molecule has 0 amide bonds. The maximum Gasteiger partial charge on any atom is 0.121 e. The zero-order valence-electron chi connectivity index (χ0n) is 10.0. The monoisotopic (exact) mass is 234 g/mol. The molecule has 2 aliphatic rings. The maximum atomic E-state index is 10.4. The van der Waals surface area contributed by atoms with Crippen molar-refractivity contribution in [1.29, 1.82) is 0 Å². The highest BCUT2D eigenvalue weighted by atomic mass is 16.5. The van der Waals surface area contributed by atoms with E-state index in [1.165, 1.54) is 0 Å². The second kappa shape index (κ2) is 3.89. The Labute approximate surface area is 101 Å². The van der Waals surface area contributed by atoms with Gasteiger partial charge in [0.25, 0.3) is 0 Å². The maximum absolute atomic E-state index is 10.4. The fraction of sp³-hybridized carbons (Fsp3) is 0.538. The lowest BCUT2D eigenvalue weighted by molar-refractivity contribution is 0.0534. The Morgan fingerprint density at radius 1 is 1.47 bits per heavy atom. The van der Waals surface area contributed by atoms with Crippen LogP contribution in [0.2, 0.25) is 0 Å². The van der Waals surface area contributed by atoms with Crippen LogP contribution in [0.5, 0.6) is 5.75 Å². The van der Waals surface area contributed by atoms with Crippen LogP contribution >= 0.6 is 0 Å². The average molecular weight is 234 g/mol. The SMILES string of the molecule is COc1cc(N)c2c(c1)C(O)[C@@H]1CCCN1C2. The van der Waals surface area contributed by atoms with E-state index in [-0.39, 0.29) is 6.04 Å². The summed E-state index contributed by atoms with van der Waals surface area (Å²) >= 11 is 0. The third kappa shape index (κ3) is 1.59. The molecule has 0 spiro atoms. The molecule has 2 heterocycles. The van der Waals surface area contributed by atoms with Crippen LogP contribution in [0.25, 0.3) is 0 Å². The Morgan fingerprint density at radius 2 is 2.29 bits per heavy atom. The number of rotatable bonds is 1. The minimum Gasteiger partial charge on any atom is -0.497 e. The second-order valence-corrected chi connectivity index (χ2v) is 4.91. The lowest BCUT2D eigenvalue weighted by Gasteiger charge is -2.36. The van der Waals surface area contributed by atoms with Crippen LogP contribution in [0.3, 0.4) is 0 Å². The van der Waals surface area contributed by atoms with E-state index < -0.39 is 6.10 Å². The summed E-state index contributed by atoms with van der Waals surface area (Å²) in [6.45, 7) is 1.92. The summed E-state index contributed by atoms with van der Waals surface area (Å²) in [7, 11) is 1.62. The Balaban J connectivity index is 2.07. The van der Waals surface area contributed by atoms with Crippen molar-refractivity contribution in [3.8, 4) is 5.75 Å². The quantitative estimate of drug-likeness (QED) is 0.719. The molecule has 17 heavy (non-hydrogen) atoms. The van der Waals surface area contributed by atoms with Gasteiger partial charge in [0.1, 0.15) is 5.75 Å². The van der Waals surface area contributed by atoms with Crippen LogP contribution in [0, 0.1) is 0 Å². The third-order valence-electron chi connectivity index (χ3n) is 3.99. The van der Waals surface area contributed by atoms with Gasteiger partial charge in [0.15, 0.2) is 0 Å². The first-order valence-electron chi connectivity index (χ1n) is 6.09. The molecule has 2 aliphatic heterocycles. The molecule has 0 bridgehead atoms. The van der Waals surface area contributed by atoms with E-state index in [0.717, 1.165) is 48.5 Å². The Bertz CT molecular complexity index is 447. The number of fused-ring (bicyclic) bond motifs is 2. The van der Waals surface area contributed by atoms with Gasteiger partial charge in [-0.1, -0.05) is 0 Å². The number of nitrogens with zero attached hydrogens (tertiary/aromatic N) is 1. The predicted molar refractivity (Wildman–Crippen MR) is 65.8 cm³/mol. The minimum atomic E-state index is -0.432. The summed E-state index contributed by atoms with van der Waals surface area (Å²) in [4.78, 5) is 2.33. The molecule has 4 nitrogen and oxygen atoms in total. The number of anilines is 1. The summed E-state index contributed by atoms with van der Waals surface area (Å²) in [6.07, 6.45) is 1.79. The van der Waals surface area contributed by atoms with Crippen molar-refractivity contribution in [1.82, 2.24) is 4.90 Å². The van der Waals surface area contributed by atoms with Gasteiger partial charge in [-0.25, -0.2) is 0 Å². The molecule has 1 fully saturated rings. The van der Waals surface area contributed by atoms with Crippen molar-refractivity contribution in [2.24, 2.45) is 0 Å². The fourth-order valence-corrected chi connectivity index (χ4v) is 3.07. The van der Waals surface area contributed by atoms with E-state index in [1.54, 1.807) is 7.11 Å². The fourth-order valence-electron chi connectivity index (χ4n) is 3.07. The van der Waals surface area contributed by atoms with Crippen molar-refractivity contribution < 1.29 is 9.84 Å². The van der Waals surface area contributed by atoms with Crippen LogP contribution in [-0.4, -0.2) is 29.7 Å². The van der Waals surface area contributed by atoms with E-state index in [4.69, 9.17) is 10.5 Å². The highest BCUT2D eigenvalue weighted by Crippen LogP contribution is 2.40.